The third kappa shape index (κ3) is 3.34. The number of rotatable bonds is 3. The number of ether oxygens (including phenoxy) is 1. The number of hydrogen-bond acceptors (Lipinski definition) is 6. The molecule has 1 aromatic rings. The first-order valence-electron chi connectivity index (χ1n) is 6.33. The zero-order chi connectivity index (χ0) is 14.0. The van der Waals surface area contributed by atoms with Gasteiger partial charge < -0.3 is 19.4 Å². The Balaban J connectivity index is 2.18. The topological polar surface area (TPSA) is 83.1 Å². The summed E-state index contributed by atoms with van der Waals surface area (Å²) < 4.78 is 10.9. The number of aliphatic hydroxyl groups is 1. The molecule has 1 saturated heterocycles. The first-order chi connectivity index (χ1) is 8.99. The minimum absolute atomic E-state index is 0.0960. The van der Waals surface area contributed by atoms with Crippen molar-refractivity contribution in [2.75, 3.05) is 13.1 Å². The second-order valence-corrected chi connectivity index (χ2v) is 4.96. The summed E-state index contributed by atoms with van der Waals surface area (Å²) >= 11 is 0. The predicted octanol–water partition coefficient (Wildman–Crippen LogP) is 0.447. The van der Waals surface area contributed by atoms with Crippen molar-refractivity contribution in [2.45, 2.75) is 39.2 Å². The molecule has 1 fully saturated rings. The van der Waals surface area contributed by atoms with E-state index in [4.69, 9.17) is 14.3 Å². The van der Waals surface area contributed by atoms with Crippen molar-refractivity contribution in [1.82, 2.24) is 4.90 Å². The monoisotopic (exact) mass is 269 g/mol. The Morgan fingerprint density at radius 1 is 1.37 bits per heavy atom. The smallest absolute Gasteiger partial charge is 0.227 e. The Bertz CT molecular complexity index is 488. The average Bonchev–Trinajstić information content (AvgIpc) is 2.33. The van der Waals surface area contributed by atoms with Gasteiger partial charge in [-0.3, -0.25) is 9.69 Å². The van der Waals surface area contributed by atoms with Gasteiger partial charge in [-0.2, -0.15) is 0 Å². The van der Waals surface area contributed by atoms with Gasteiger partial charge in [-0.05, 0) is 13.8 Å². The summed E-state index contributed by atoms with van der Waals surface area (Å²) in [6, 6.07) is 1.10. The van der Waals surface area contributed by atoms with E-state index in [1.165, 1.54) is 0 Å². The van der Waals surface area contributed by atoms with Crippen molar-refractivity contribution in [2.24, 2.45) is 0 Å². The van der Waals surface area contributed by atoms with Crippen LogP contribution < -0.4 is 5.43 Å². The maximum Gasteiger partial charge on any atom is 0.227 e. The van der Waals surface area contributed by atoms with E-state index in [0.29, 0.717) is 19.6 Å². The molecule has 1 aliphatic rings. The van der Waals surface area contributed by atoms with Gasteiger partial charge in [0.2, 0.25) is 11.2 Å². The molecule has 0 aliphatic carbocycles. The highest BCUT2D eigenvalue weighted by atomic mass is 16.5. The molecule has 6 heteroatoms. The molecule has 0 radical (unpaired) electrons. The summed E-state index contributed by atoms with van der Waals surface area (Å²) in [5.74, 6) is -0.0333. The van der Waals surface area contributed by atoms with Crippen molar-refractivity contribution < 1.29 is 19.4 Å². The Morgan fingerprint density at radius 2 is 2.00 bits per heavy atom. The highest BCUT2D eigenvalue weighted by Gasteiger charge is 2.24. The second kappa shape index (κ2) is 5.73. The van der Waals surface area contributed by atoms with E-state index in [-0.39, 0.29) is 36.1 Å². The molecule has 0 saturated carbocycles. The van der Waals surface area contributed by atoms with Gasteiger partial charge in [0.25, 0.3) is 0 Å². The van der Waals surface area contributed by atoms with Crippen molar-refractivity contribution in [3.63, 3.8) is 0 Å². The molecule has 0 aromatic carbocycles. The van der Waals surface area contributed by atoms with Gasteiger partial charge >= 0.3 is 0 Å². The molecule has 0 amide bonds. The fraction of sp³-hybridized carbons (Fsp3) is 0.615. The molecule has 2 rings (SSSR count). The molecular formula is C13H19NO5. The van der Waals surface area contributed by atoms with Gasteiger partial charge in [0.1, 0.15) is 12.4 Å². The van der Waals surface area contributed by atoms with E-state index in [1.54, 1.807) is 0 Å². The van der Waals surface area contributed by atoms with E-state index in [1.807, 2.05) is 13.8 Å². The van der Waals surface area contributed by atoms with Crippen LogP contribution in [-0.2, 0) is 17.9 Å². The minimum atomic E-state index is -0.528. The molecule has 2 N–H and O–H groups in total. The molecular weight excluding hydrogens is 250 g/mol. The van der Waals surface area contributed by atoms with E-state index in [2.05, 4.69) is 4.90 Å². The summed E-state index contributed by atoms with van der Waals surface area (Å²) in [6.45, 7) is 5.32. The molecule has 0 bridgehead atoms. The Labute approximate surface area is 111 Å². The maximum atomic E-state index is 11.5. The molecule has 106 valence electrons. The number of aliphatic hydroxyl groups excluding tert-OH is 1. The van der Waals surface area contributed by atoms with Gasteiger partial charge in [-0.1, -0.05) is 0 Å². The van der Waals surface area contributed by atoms with Gasteiger partial charge in [0, 0.05) is 19.2 Å². The standard InChI is InChI=1S/C13H19NO5/c1-8-4-14(5-9(2)18-8)6-12-13(17)11(16)3-10(7-15)19-12/h3,8-9,15,17H,4-7H2,1-2H3. The van der Waals surface area contributed by atoms with Crippen LogP contribution in [0.4, 0.5) is 0 Å². The molecule has 1 aromatic heterocycles. The predicted molar refractivity (Wildman–Crippen MR) is 67.9 cm³/mol. The molecule has 19 heavy (non-hydrogen) atoms. The van der Waals surface area contributed by atoms with Crippen molar-refractivity contribution in [1.29, 1.82) is 0 Å². The van der Waals surface area contributed by atoms with Gasteiger partial charge in [-0.15, -0.1) is 0 Å². The SMILES string of the molecule is CC1CN(Cc2oc(CO)cc(=O)c2O)CC(C)O1. The first kappa shape index (κ1) is 14.0. The zero-order valence-electron chi connectivity index (χ0n) is 11.1. The van der Waals surface area contributed by atoms with E-state index in [0.717, 1.165) is 6.07 Å². The lowest BCUT2D eigenvalue weighted by molar-refractivity contribution is -0.0722. The van der Waals surface area contributed by atoms with Crippen LogP contribution in [0.5, 0.6) is 5.75 Å². The van der Waals surface area contributed by atoms with Crippen LogP contribution in [0.1, 0.15) is 25.4 Å². The highest BCUT2D eigenvalue weighted by molar-refractivity contribution is 5.24. The Hall–Kier alpha value is -1.37. The molecule has 2 unspecified atom stereocenters. The molecule has 2 heterocycles. The van der Waals surface area contributed by atoms with Crippen LogP contribution >= 0.6 is 0 Å². The van der Waals surface area contributed by atoms with Gasteiger partial charge in [-0.25, -0.2) is 0 Å². The molecule has 0 spiro atoms. The summed E-state index contributed by atoms with van der Waals surface area (Å²) in [4.78, 5) is 13.6. The summed E-state index contributed by atoms with van der Waals surface area (Å²) in [6.07, 6.45) is 0.192. The maximum absolute atomic E-state index is 11.5. The Kier molecular flexibility index (Phi) is 4.24. The normalized spacial score (nSPS) is 24.6. The number of nitrogens with zero attached hydrogens (tertiary/aromatic N) is 1. The lowest BCUT2D eigenvalue weighted by Crippen LogP contribution is -2.44. The number of aromatic hydroxyl groups is 1. The number of morpholine rings is 1. The van der Waals surface area contributed by atoms with Crippen molar-refractivity contribution in [3.8, 4) is 5.75 Å². The van der Waals surface area contributed by atoms with Gasteiger partial charge in [0.15, 0.2) is 5.76 Å². The third-order valence-electron chi connectivity index (χ3n) is 3.06. The van der Waals surface area contributed by atoms with Crippen LogP contribution in [0, 0.1) is 0 Å². The van der Waals surface area contributed by atoms with E-state index >= 15 is 0 Å². The highest BCUT2D eigenvalue weighted by Crippen LogP contribution is 2.19. The van der Waals surface area contributed by atoms with Gasteiger partial charge in [0.05, 0.1) is 18.8 Å². The van der Waals surface area contributed by atoms with Crippen LogP contribution in [0.2, 0.25) is 0 Å². The molecule has 2 atom stereocenters. The minimum Gasteiger partial charge on any atom is -0.502 e. The van der Waals surface area contributed by atoms with Crippen LogP contribution in [0.15, 0.2) is 15.3 Å². The molecule has 6 nitrogen and oxygen atoms in total. The van der Waals surface area contributed by atoms with Crippen molar-refractivity contribution in [3.05, 3.63) is 27.8 Å². The van der Waals surface area contributed by atoms with Crippen LogP contribution in [0.3, 0.4) is 0 Å². The largest absolute Gasteiger partial charge is 0.502 e. The average molecular weight is 269 g/mol. The fourth-order valence-corrected chi connectivity index (χ4v) is 2.39. The molecule has 1 aliphatic heterocycles. The zero-order valence-corrected chi connectivity index (χ0v) is 11.1. The Morgan fingerprint density at radius 3 is 2.58 bits per heavy atom. The number of hydrogen-bond donors (Lipinski definition) is 2. The van der Waals surface area contributed by atoms with E-state index < -0.39 is 5.43 Å². The summed E-state index contributed by atoms with van der Waals surface area (Å²) in [5.41, 5.74) is -0.528. The quantitative estimate of drug-likeness (QED) is 0.829. The summed E-state index contributed by atoms with van der Waals surface area (Å²) in [5, 5.41) is 18.8. The van der Waals surface area contributed by atoms with Crippen LogP contribution in [-0.4, -0.2) is 40.4 Å². The fourth-order valence-electron chi connectivity index (χ4n) is 2.39. The van der Waals surface area contributed by atoms with Crippen LogP contribution in [0.25, 0.3) is 0 Å². The van der Waals surface area contributed by atoms with Crippen molar-refractivity contribution >= 4 is 0 Å². The second-order valence-electron chi connectivity index (χ2n) is 4.96. The first-order valence-corrected chi connectivity index (χ1v) is 6.33. The third-order valence-corrected chi connectivity index (χ3v) is 3.06. The lowest BCUT2D eigenvalue weighted by atomic mass is 10.2. The lowest BCUT2D eigenvalue weighted by Gasteiger charge is -2.34. The van der Waals surface area contributed by atoms with E-state index in [9.17, 15) is 9.90 Å². The summed E-state index contributed by atoms with van der Waals surface area (Å²) in [7, 11) is 0.